The first kappa shape index (κ1) is 15.4. The van der Waals surface area contributed by atoms with Crippen LogP contribution in [0.15, 0.2) is 60.7 Å². The maximum absolute atomic E-state index is 5.87. The van der Waals surface area contributed by atoms with Crippen molar-refractivity contribution in [3.63, 3.8) is 0 Å². The molecule has 0 saturated heterocycles. The molecule has 0 aliphatic carbocycles. The average molecular weight is 285 g/mol. The zero-order valence-corrected chi connectivity index (χ0v) is 12.7. The molecule has 2 rings (SSSR count). The first-order valence-corrected chi connectivity index (χ1v) is 7.42. The molecule has 0 aliphatic rings. The van der Waals surface area contributed by atoms with E-state index in [1.54, 1.807) is 0 Å². The van der Waals surface area contributed by atoms with Gasteiger partial charge in [-0.15, -0.1) is 0 Å². The number of nitrogens with zero attached hydrogens (tertiary/aromatic N) is 1. The summed E-state index contributed by atoms with van der Waals surface area (Å²) >= 11 is 0. The summed E-state index contributed by atoms with van der Waals surface area (Å²) in [6.07, 6.45) is 0.0248. The normalized spacial score (nSPS) is 11.9. The molecule has 0 spiro atoms. The molecule has 0 aliphatic heterocycles. The van der Waals surface area contributed by atoms with Crippen LogP contribution in [-0.2, 0) is 4.74 Å². The van der Waals surface area contributed by atoms with Crippen LogP contribution < -0.4 is 9.64 Å². The lowest BCUT2D eigenvalue weighted by atomic mass is 10.3. The van der Waals surface area contributed by atoms with Gasteiger partial charge in [-0.05, 0) is 38.1 Å². The van der Waals surface area contributed by atoms with Crippen molar-refractivity contribution in [3.8, 4) is 5.75 Å². The van der Waals surface area contributed by atoms with E-state index in [1.807, 2.05) is 48.5 Å². The quantitative estimate of drug-likeness (QED) is 0.541. The van der Waals surface area contributed by atoms with Crippen LogP contribution in [0.1, 0.15) is 13.8 Å². The van der Waals surface area contributed by atoms with Gasteiger partial charge < -0.3 is 14.4 Å². The largest absolute Gasteiger partial charge is 0.491 e. The first-order chi connectivity index (χ1) is 10.3. The van der Waals surface area contributed by atoms with Crippen LogP contribution in [-0.4, -0.2) is 26.0 Å². The van der Waals surface area contributed by atoms with Crippen molar-refractivity contribution in [3.05, 3.63) is 60.7 Å². The van der Waals surface area contributed by atoms with Gasteiger partial charge >= 0.3 is 0 Å². The molecule has 0 radical (unpaired) electrons. The van der Waals surface area contributed by atoms with E-state index in [1.165, 1.54) is 5.69 Å². The summed E-state index contributed by atoms with van der Waals surface area (Å²) in [5, 5.41) is 0. The van der Waals surface area contributed by atoms with Crippen molar-refractivity contribution in [1.29, 1.82) is 0 Å². The summed E-state index contributed by atoms with van der Waals surface area (Å²) in [7, 11) is 0. The summed E-state index contributed by atoms with van der Waals surface area (Å²) in [5.41, 5.74) is 1.18. The van der Waals surface area contributed by atoms with Gasteiger partial charge in [-0.2, -0.15) is 0 Å². The zero-order valence-electron chi connectivity index (χ0n) is 12.7. The van der Waals surface area contributed by atoms with Gasteiger partial charge in [0.15, 0.2) is 0 Å². The second kappa shape index (κ2) is 8.32. The van der Waals surface area contributed by atoms with Crippen molar-refractivity contribution in [1.82, 2.24) is 0 Å². The van der Waals surface area contributed by atoms with Crippen LogP contribution in [0.5, 0.6) is 5.75 Å². The number of ether oxygens (including phenoxy) is 2. The van der Waals surface area contributed by atoms with E-state index >= 15 is 0 Å². The maximum Gasteiger partial charge on any atom is 0.127 e. The summed E-state index contributed by atoms with van der Waals surface area (Å²) in [6.45, 7) is 6.23. The third-order valence-corrected chi connectivity index (χ3v) is 3.32. The molecular weight excluding hydrogens is 262 g/mol. The second-order valence-corrected chi connectivity index (χ2v) is 4.75. The predicted molar refractivity (Wildman–Crippen MR) is 86.8 cm³/mol. The molecule has 0 heterocycles. The Morgan fingerprint density at radius 2 is 1.52 bits per heavy atom. The van der Waals surface area contributed by atoms with E-state index in [0.29, 0.717) is 13.2 Å². The topological polar surface area (TPSA) is 21.7 Å². The molecule has 21 heavy (non-hydrogen) atoms. The van der Waals surface area contributed by atoms with Gasteiger partial charge in [0.1, 0.15) is 18.6 Å². The fraction of sp³-hybridized carbons (Fsp3) is 0.333. The van der Waals surface area contributed by atoms with Crippen molar-refractivity contribution < 1.29 is 9.47 Å². The van der Waals surface area contributed by atoms with Gasteiger partial charge in [0, 0.05) is 12.2 Å². The Hall–Kier alpha value is -2.00. The molecular formula is C18H23NO2. The van der Waals surface area contributed by atoms with E-state index < -0.39 is 0 Å². The number of anilines is 1. The van der Waals surface area contributed by atoms with Crippen molar-refractivity contribution in [2.75, 3.05) is 24.7 Å². The molecule has 3 heteroatoms. The third-order valence-electron chi connectivity index (χ3n) is 3.32. The zero-order chi connectivity index (χ0) is 14.9. The number of hydrogen-bond donors (Lipinski definition) is 0. The lowest BCUT2D eigenvalue weighted by Crippen LogP contribution is -2.35. The Bertz CT molecular complexity index is 501. The SMILES string of the molecule is CCN(c1ccccc1)C(C)OCCOc1ccccc1. The van der Waals surface area contributed by atoms with Gasteiger partial charge in [-0.3, -0.25) is 0 Å². The van der Waals surface area contributed by atoms with Gasteiger partial charge in [0.05, 0.1) is 6.61 Å². The maximum atomic E-state index is 5.87. The molecule has 0 aromatic heterocycles. The Balaban J connectivity index is 1.77. The van der Waals surface area contributed by atoms with Gasteiger partial charge in [-0.1, -0.05) is 36.4 Å². The van der Waals surface area contributed by atoms with Gasteiger partial charge in [0.25, 0.3) is 0 Å². The molecule has 2 aromatic rings. The minimum absolute atomic E-state index is 0.0248. The molecule has 0 saturated carbocycles. The average Bonchev–Trinajstić information content (AvgIpc) is 2.54. The van der Waals surface area contributed by atoms with Crippen LogP contribution in [0.25, 0.3) is 0 Å². The van der Waals surface area contributed by atoms with Crippen molar-refractivity contribution >= 4 is 5.69 Å². The van der Waals surface area contributed by atoms with Gasteiger partial charge in [0.2, 0.25) is 0 Å². The highest BCUT2D eigenvalue weighted by Gasteiger charge is 2.12. The van der Waals surface area contributed by atoms with Crippen molar-refractivity contribution in [2.45, 2.75) is 20.1 Å². The minimum Gasteiger partial charge on any atom is -0.491 e. The molecule has 0 amide bonds. The number of hydrogen-bond acceptors (Lipinski definition) is 3. The first-order valence-electron chi connectivity index (χ1n) is 7.42. The summed E-state index contributed by atoms with van der Waals surface area (Å²) in [5.74, 6) is 0.879. The van der Waals surface area contributed by atoms with Crippen LogP contribution in [0.4, 0.5) is 5.69 Å². The van der Waals surface area contributed by atoms with Crippen LogP contribution >= 0.6 is 0 Å². The van der Waals surface area contributed by atoms with E-state index in [-0.39, 0.29) is 6.23 Å². The smallest absolute Gasteiger partial charge is 0.127 e. The Morgan fingerprint density at radius 3 is 2.14 bits per heavy atom. The molecule has 2 aromatic carbocycles. The Labute approximate surface area is 127 Å². The fourth-order valence-corrected chi connectivity index (χ4v) is 2.25. The summed E-state index contributed by atoms with van der Waals surface area (Å²) in [4.78, 5) is 2.22. The van der Waals surface area contributed by atoms with Crippen LogP contribution in [0.2, 0.25) is 0 Å². The summed E-state index contributed by atoms with van der Waals surface area (Å²) < 4.78 is 11.5. The molecule has 1 atom stereocenters. The van der Waals surface area contributed by atoms with Crippen molar-refractivity contribution in [2.24, 2.45) is 0 Å². The standard InChI is InChI=1S/C18H23NO2/c1-3-19(17-10-6-4-7-11-17)16(2)20-14-15-21-18-12-8-5-9-13-18/h4-13,16H,3,14-15H2,1-2H3. The molecule has 0 N–H and O–H groups in total. The van der Waals surface area contributed by atoms with E-state index in [4.69, 9.17) is 9.47 Å². The van der Waals surface area contributed by atoms with E-state index in [9.17, 15) is 0 Å². The summed E-state index contributed by atoms with van der Waals surface area (Å²) in [6, 6.07) is 20.1. The predicted octanol–water partition coefficient (Wildman–Crippen LogP) is 3.95. The molecule has 0 fully saturated rings. The minimum atomic E-state index is 0.0248. The fourth-order valence-electron chi connectivity index (χ4n) is 2.25. The number of rotatable bonds is 8. The second-order valence-electron chi connectivity index (χ2n) is 4.75. The van der Waals surface area contributed by atoms with E-state index in [2.05, 4.69) is 30.9 Å². The highest BCUT2D eigenvalue weighted by atomic mass is 16.5. The third kappa shape index (κ3) is 4.80. The van der Waals surface area contributed by atoms with E-state index in [0.717, 1.165) is 12.3 Å². The number of para-hydroxylation sites is 2. The highest BCUT2D eigenvalue weighted by molar-refractivity contribution is 5.46. The Kier molecular flexibility index (Phi) is 6.10. The van der Waals surface area contributed by atoms with Crippen LogP contribution in [0.3, 0.4) is 0 Å². The van der Waals surface area contributed by atoms with Crippen LogP contribution in [0, 0.1) is 0 Å². The molecule has 3 nitrogen and oxygen atoms in total. The monoisotopic (exact) mass is 285 g/mol. The highest BCUT2D eigenvalue weighted by Crippen LogP contribution is 2.16. The molecule has 0 bridgehead atoms. The lowest BCUT2D eigenvalue weighted by molar-refractivity contribution is 0.0431. The molecule has 112 valence electrons. The van der Waals surface area contributed by atoms with Gasteiger partial charge in [-0.25, -0.2) is 0 Å². The number of benzene rings is 2. The Morgan fingerprint density at radius 1 is 0.905 bits per heavy atom. The lowest BCUT2D eigenvalue weighted by Gasteiger charge is -2.30. The molecule has 1 unspecified atom stereocenters.